The van der Waals surface area contributed by atoms with Crippen molar-refractivity contribution in [3.05, 3.63) is 21.9 Å². The minimum absolute atomic E-state index is 0.175. The molecule has 0 atom stereocenters. The average Bonchev–Trinajstić information content (AvgIpc) is 2.79. The van der Waals surface area contributed by atoms with Crippen LogP contribution < -0.4 is 0 Å². The van der Waals surface area contributed by atoms with E-state index in [1.54, 1.807) is 11.3 Å². The summed E-state index contributed by atoms with van der Waals surface area (Å²) in [6, 6.07) is 1.88. The van der Waals surface area contributed by atoms with Crippen LogP contribution in [0, 0.1) is 0 Å². The molecule has 5 heteroatoms. The fourth-order valence-electron chi connectivity index (χ4n) is 1.52. The smallest absolute Gasteiger partial charge is 0.339 e. The van der Waals surface area contributed by atoms with Crippen LogP contribution in [0.2, 0.25) is 0 Å². The summed E-state index contributed by atoms with van der Waals surface area (Å²) in [5, 5.41) is 1.98. The van der Waals surface area contributed by atoms with Crippen LogP contribution in [-0.4, -0.2) is 24.1 Å². The Morgan fingerprint density at radius 2 is 2.25 bits per heavy atom. The second-order valence-corrected chi connectivity index (χ2v) is 7.02. The lowest BCUT2D eigenvalue weighted by Crippen LogP contribution is -2.08. The van der Waals surface area contributed by atoms with Gasteiger partial charge >= 0.3 is 5.97 Å². The van der Waals surface area contributed by atoms with Crippen molar-refractivity contribution in [1.82, 2.24) is 0 Å². The van der Waals surface area contributed by atoms with Crippen molar-refractivity contribution in [1.29, 1.82) is 0 Å². The third kappa shape index (κ3) is 2.76. The first kappa shape index (κ1) is 12.3. The van der Waals surface area contributed by atoms with Gasteiger partial charge in [-0.15, -0.1) is 34.9 Å². The lowest BCUT2D eigenvalue weighted by atomic mass is 10.3. The summed E-state index contributed by atoms with van der Waals surface area (Å²) in [7, 11) is 0. The Kier molecular flexibility index (Phi) is 4.61. The van der Waals surface area contributed by atoms with Crippen LogP contribution in [0.25, 0.3) is 0 Å². The molecule has 0 spiro atoms. The van der Waals surface area contributed by atoms with E-state index < -0.39 is 0 Å². The summed E-state index contributed by atoms with van der Waals surface area (Å²) in [6.45, 7) is 2.28. The molecule has 2 rings (SSSR count). The Balaban J connectivity index is 2.14. The average molecular weight is 274 g/mol. The number of ether oxygens (including phenoxy) is 1. The molecule has 88 valence electrons. The molecule has 1 fully saturated rings. The fraction of sp³-hybridized carbons (Fsp3) is 0.545. The van der Waals surface area contributed by atoms with Gasteiger partial charge in [-0.25, -0.2) is 4.79 Å². The second kappa shape index (κ2) is 5.98. The molecule has 0 radical (unpaired) electrons. The zero-order chi connectivity index (χ0) is 11.4. The topological polar surface area (TPSA) is 26.3 Å². The lowest BCUT2D eigenvalue weighted by molar-refractivity contribution is 0.0526. The van der Waals surface area contributed by atoms with Crippen molar-refractivity contribution in [3.63, 3.8) is 0 Å². The second-order valence-electron chi connectivity index (χ2n) is 3.35. The summed E-state index contributed by atoms with van der Waals surface area (Å²) in [4.78, 5) is 12.9. The molecule has 1 aliphatic rings. The van der Waals surface area contributed by atoms with Gasteiger partial charge in [0.25, 0.3) is 0 Å². The normalized spacial score (nSPS) is 17.3. The molecule has 0 aliphatic carbocycles. The van der Waals surface area contributed by atoms with Crippen molar-refractivity contribution in [2.45, 2.75) is 17.9 Å². The molecule has 0 bridgehead atoms. The fourth-order valence-corrected chi connectivity index (χ4v) is 5.75. The van der Waals surface area contributed by atoms with E-state index in [9.17, 15) is 4.79 Å². The minimum atomic E-state index is -0.175. The zero-order valence-corrected chi connectivity index (χ0v) is 11.6. The zero-order valence-electron chi connectivity index (χ0n) is 9.10. The molecule has 1 saturated heterocycles. The minimum Gasteiger partial charge on any atom is -0.462 e. The third-order valence-electron chi connectivity index (χ3n) is 2.23. The van der Waals surface area contributed by atoms with Crippen LogP contribution in [0.3, 0.4) is 0 Å². The van der Waals surface area contributed by atoms with Crippen LogP contribution in [0.4, 0.5) is 0 Å². The standard InChI is InChI=1S/C11H14O2S3/c1-2-13-10(12)8-4-7-14-9(8)11-15-5-3-6-16-11/h4,7,11H,2-3,5-6H2,1H3. The number of hydrogen-bond acceptors (Lipinski definition) is 5. The van der Waals surface area contributed by atoms with Crippen molar-refractivity contribution >= 4 is 40.8 Å². The highest BCUT2D eigenvalue weighted by Crippen LogP contribution is 2.46. The van der Waals surface area contributed by atoms with Crippen LogP contribution in [0.1, 0.15) is 33.2 Å². The van der Waals surface area contributed by atoms with E-state index >= 15 is 0 Å². The molecule has 1 aromatic heterocycles. The molecule has 2 nitrogen and oxygen atoms in total. The molecule has 0 unspecified atom stereocenters. The highest BCUT2D eigenvalue weighted by atomic mass is 32.2. The van der Waals surface area contributed by atoms with Crippen LogP contribution >= 0.6 is 34.9 Å². The molecular weight excluding hydrogens is 260 g/mol. The number of hydrogen-bond donors (Lipinski definition) is 0. The van der Waals surface area contributed by atoms with Crippen LogP contribution in [0.15, 0.2) is 11.4 Å². The predicted molar refractivity (Wildman–Crippen MR) is 72.5 cm³/mol. The first-order valence-corrected chi connectivity index (χ1v) is 8.28. The largest absolute Gasteiger partial charge is 0.462 e. The molecule has 2 heterocycles. The van der Waals surface area contributed by atoms with E-state index in [4.69, 9.17) is 4.74 Å². The number of thiophene rings is 1. The summed E-state index contributed by atoms with van der Waals surface area (Å²) in [5.74, 6) is 2.21. The van der Waals surface area contributed by atoms with Gasteiger partial charge in [0.15, 0.2) is 0 Å². The molecule has 1 aromatic rings. The Morgan fingerprint density at radius 1 is 1.50 bits per heavy atom. The van der Waals surface area contributed by atoms with E-state index in [1.807, 2.05) is 41.9 Å². The Hall–Kier alpha value is -0.130. The molecular formula is C11H14O2S3. The van der Waals surface area contributed by atoms with Crippen molar-refractivity contribution in [3.8, 4) is 0 Å². The molecule has 0 N–H and O–H groups in total. The predicted octanol–water partition coefficient (Wildman–Crippen LogP) is 3.79. The molecule has 1 aliphatic heterocycles. The van der Waals surface area contributed by atoms with E-state index in [0.29, 0.717) is 11.2 Å². The highest BCUT2D eigenvalue weighted by molar-refractivity contribution is 8.17. The SMILES string of the molecule is CCOC(=O)c1ccsc1C1SCCCS1. The Bertz CT molecular complexity index is 356. The van der Waals surface area contributed by atoms with Gasteiger partial charge < -0.3 is 4.74 Å². The van der Waals surface area contributed by atoms with Crippen LogP contribution in [-0.2, 0) is 4.74 Å². The molecule has 0 aromatic carbocycles. The van der Waals surface area contributed by atoms with Gasteiger partial charge in [0.05, 0.1) is 16.8 Å². The van der Waals surface area contributed by atoms with Gasteiger partial charge in [-0.05, 0) is 36.3 Å². The maximum atomic E-state index is 11.7. The van der Waals surface area contributed by atoms with Crippen molar-refractivity contribution in [2.75, 3.05) is 18.1 Å². The van der Waals surface area contributed by atoms with Gasteiger partial charge in [-0.3, -0.25) is 0 Å². The van der Waals surface area contributed by atoms with E-state index in [1.165, 1.54) is 22.8 Å². The van der Waals surface area contributed by atoms with Crippen LogP contribution in [0.5, 0.6) is 0 Å². The van der Waals surface area contributed by atoms with Crippen molar-refractivity contribution in [2.24, 2.45) is 0 Å². The number of esters is 1. The van der Waals surface area contributed by atoms with Crippen molar-refractivity contribution < 1.29 is 9.53 Å². The number of carbonyl (C=O) groups is 1. The maximum Gasteiger partial charge on any atom is 0.339 e. The van der Waals surface area contributed by atoms with Gasteiger partial charge in [0, 0.05) is 4.88 Å². The molecule has 0 amide bonds. The number of thioether (sulfide) groups is 2. The van der Waals surface area contributed by atoms with Gasteiger partial charge in [-0.2, -0.15) is 0 Å². The van der Waals surface area contributed by atoms with Gasteiger partial charge in [-0.1, -0.05) is 0 Å². The Labute approximate surface area is 108 Å². The third-order valence-corrected chi connectivity index (χ3v) is 6.45. The first-order chi connectivity index (χ1) is 7.83. The molecule has 0 saturated carbocycles. The summed E-state index contributed by atoms with van der Waals surface area (Å²) >= 11 is 5.54. The van der Waals surface area contributed by atoms with E-state index in [0.717, 1.165) is 5.56 Å². The Morgan fingerprint density at radius 3 is 2.94 bits per heavy atom. The lowest BCUT2D eigenvalue weighted by Gasteiger charge is -2.20. The van der Waals surface area contributed by atoms with Gasteiger partial charge in [0.2, 0.25) is 0 Å². The van der Waals surface area contributed by atoms with Gasteiger partial charge in [0.1, 0.15) is 0 Å². The van der Waals surface area contributed by atoms with E-state index in [2.05, 4.69) is 0 Å². The number of rotatable bonds is 3. The summed E-state index contributed by atoms with van der Waals surface area (Å²) in [6.07, 6.45) is 1.27. The summed E-state index contributed by atoms with van der Waals surface area (Å²) < 4.78 is 5.49. The quantitative estimate of drug-likeness (QED) is 0.783. The van der Waals surface area contributed by atoms with E-state index in [-0.39, 0.29) is 5.97 Å². The highest BCUT2D eigenvalue weighted by Gasteiger charge is 2.24. The summed E-state index contributed by atoms with van der Waals surface area (Å²) in [5.41, 5.74) is 0.763. The monoisotopic (exact) mass is 274 g/mol. The first-order valence-electron chi connectivity index (χ1n) is 5.30. The molecule has 16 heavy (non-hydrogen) atoms. The number of carbonyl (C=O) groups excluding carboxylic acids is 1. The maximum absolute atomic E-state index is 11.7.